The number of hydrogen-bond donors (Lipinski definition) is 1. The van der Waals surface area contributed by atoms with Crippen LogP contribution in [0.3, 0.4) is 0 Å². The molecule has 2 heterocycles. The van der Waals surface area contributed by atoms with E-state index >= 15 is 0 Å². The van der Waals surface area contributed by atoms with Gasteiger partial charge in [-0.3, -0.25) is 4.79 Å². The average molecular weight is 414 g/mol. The summed E-state index contributed by atoms with van der Waals surface area (Å²) in [5.41, 5.74) is 1.54. The molecule has 1 N–H and O–H groups in total. The third-order valence-electron chi connectivity index (χ3n) is 4.48. The second-order valence-electron chi connectivity index (χ2n) is 6.65. The fourth-order valence-corrected chi connectivity index (χ4v) is 3.42. The van der Waals surface area contributed by atoms with E-state index in [0.29, 0.717) is 33.8 Å². The molecular formula is C21H16ClNO6. The van der Waals surface area contributed by atoms with Crippen molar-refractivity contribution in [1.29, 1.82) is 0 Å². The molecule has 0 saturated heterocycles. The Balaban J connectivity index is 1.50. The third-order valence-corrected chi connectivity index (χ3v) is 4.72. The molecule has 1 atom stereocenters. The first kappa shape index (κ1) is 19.0. The highest BCUT2D eigenvalue weighted by Gasteiger charge is 2.30. The summed E-state index contributed by atoms with van der Waals surface area (Å²) >= 11 is 5.97. The minimum atomic E-state index is -0.763. The first-order valence-electron chi connectivity index (χ1n) is 8.85. The van der Waals surface area contributed by atoms with E-state index < -0.39 is 17.7 Å². The molecule has 1 amide bonds. The molecule has 148 valence electrons. The Morgan fingerprint density at radius 3 is 2.83 bits per heavy atom. The molecule has 2 aromatic carbocycles. The second kappa shape index (κ2) is 7.60. The van der Waals surface area contributed by atoms with Crippen LogP contribution in [0, 0.1) is 0 Å². The standard InChI is InChI=1S/C21H16ClNO6/c1-11(24)23-15-3-4-16-13(8-20(25)29-18(16)9-15)10-27-21(26)19-7-12-6-14(22)2-5-17(12)28-19/h2-6,8-9,19H,7,10H2,1H3,(H,23,24)/t19-/m1/s1. The number of amides is 1. The van der Waals surface area contributed by atoms with Crippen LogP contribution in [0.1, 0.15) is 18.1 Å². The van der Waals surface area contributed by atoms with Crippen LogP contribution in [-0.2, 0) is 27.4 Å². The lowest BCUT2D eigenvalue weighted by Crippen LogP contribution is -2.27. The number of rotatable bonds is 4. The fourth-order valence-electron chi connectivity index (χ4n) is 3.22. The number of ether oxygens (including phenoxy) is 2. The third kappa shape index (κ3) is 4.09. The van der Waals surface area contributed by atoms with Gasteiger partial charge < -0.3 is 19.2 Å². The summed E-state index contributed by atoms with van der Waals surface area (Å²) in [7, 11) is 0. The Kier molecular flexibility index (Phi) is 4.98. The van der Waals surface area contributed by atoms with Gasteiger partial charge in [0.05, 0.1) is 0 Å². The zero-order valence-corrected chi connectivity index (χ0v) is 16.1. The molecule has 1 aliphatic heterocycles. The van der Waals surface area contributed by atoms with Gasteiger partial charge in [-0.15, -0.1) is 0 Å². The average Bonchev–Trinajstić information content (AvgIpc) is 3.08. The van der Waals surface area contributed by atoms with Gasteiger partial charge in [-0.2, -0.15) is 0 Å². The van der Waals surface area contributed by atoms with E-state index in [2.05, 4.69) is 5.32 Å². The van der Waals surface area contributed by atoms with Gasteiger partial charge in [0.15, 0.2) is 6.10 Å². The van der Waals surface area contributed by atoms with Crippen molar-refractivity contribution in [3.8, 4) is 5.75 Å². The molecule has 4 rings (SSSR count). The lowest BCUT2D eigenvalue weighted by molar-refractivity contribution is -0.152. The number of anilines is 1. The zero-order valence-electron chi connectivity index (χ0n) is 15.4. The molecule has 8 heteroatoms. The van der Waals surface area contributed by atoms with Gasteiger partial charge in [0.1, 0.15) is 17.9 Å². The van der Waals surface area contributed by atoms with Crippen molar-refractivity contribution in [3.63, 3.8) is 0 Å². The Morgan fingerprint density at radius 2 is 2.03 bits per heavy atom. The van der Waals surface area contributed by atoms with Crippen LogP contribution < -0.4 is 15.7 Å². The summed E-state index contributed by atoms with van der Waals surface area (Å²) in [6.07, 6.45) is -0.395. The number of nitrogens with one attached hydrogen (secondary N) is 1. The number of halogens is 1. The van der Waals surface area contributed by atoms with Crippen molar-refractivity contribution in [2.24, 2.45) is 0 Å². The quantitative estimate of drug-likeness (QED) is 0.520. The smallest absolute Gasteiger partial charge is 0.348 e. The van der Waals surface area contributed by atoms with E-state index in [4.69, 9.17) is 25.5 Å². The second-order valence-corrected chi connectivity index (χ2v) is 7.09. The van der Waals surface area contributed by atoms with Crippen molar-refractivity contribution in [2.75, 3.05) is 5.32 Å². The van der Waals surface area contributed by atoms with Gasteiger partial charge in [-0.1, -0.05) is 11.6 Å². The summed E-state index contributed by atoms with van der Waals surface area (Å²) < 4.78 is 16.2. The summed E-state index contributed by atoms with van der Waals surface area (Å²) in [5, 5.41) is 3.80. The minimum absolute atomic E-state index is 0.114. The highest BCUT2D eigenvalue weighted by atomic mass is 35.5. The highest BCUT2D eigenvalue weighted by Crippen LogP contribution is 2.31. The van der Waals surface area contributed by atoms with Crippen LogP contribution in [0.4, 0.5) is 5.69 Å². The molecule has 0 fully saturated rings. The SMILES string of the molecule is CC(=O)Nc1ccc2c(COC(=O)[C@H]3Cc4cc(Cl)ccc4O3)cc(=O)oc2c1. The van der Waals surface area contributed by atoms with Crippen LogP contribution >= 0.6 is 11.6 Å². The summed E-state index contributed by atoms with van der Waals surface area (Å²) in [6, 6.07) is 11.4. The molecule has 1 aliphatic rings. The molecule has 0 saturated carbocycles. The van der Waals surface area contributed by atoms with Gasteiger partial charge in [0, 0.05) is 47.1 Å². The summed E-state index contributed by atoms with van der Waals surface area (Å²) in [5.74, 6) is -0.170. The van der Waals surface area contributed by atoms with Crippen LogP contribution in [0.5, 0.6) is 5.75 Å². The Bertz CT molecular complexity index is 1190. The largest absolute Gasteiger partial charge is 0.478 e. The maximum Gasteiger partial charge on any atom is 0.348 e. The minimum Gasteiger partial charge on any atom is -0.478 e. The number of benzene rings is 2. The number of carbonyl (C=O) groups is 2. The van der Waals surface area contributed by atoms with Crippen LogP contribution in [0.25, 0.3) is 11.0 Å². The van der Waals surface area contributed by atoms with Gasteiger partial charge in [-0.25, -0.2) is 9.59 Å². The maximum atomic E-state index is 12.4. The van der Waals surface area contributed by atoms with Crippen molar-refractivity contribution < 1.29 is 23.5 Å². The number of hydrogen-bond acceptors (Lipinski definition) is 6. The van der Waals surface area contributed by atoms with E-state index in [1.165, 1.54) is 13.0 Å². The number of fused-ring (bicyclic) bond motifs is 2. The lowest BCUT2D eigenvalue weighted by Gasteiger charge is -2.12. The van der Waals surface area contributed by atoms with E-state index in [-0.39, 0.29) is 18.1 Å². The molecule has 3 aromatic rings. The van der Waals surface area contributed by atoms with E-state index in [0.717, 1.165) is 5.56 Å². The van der Waals surface area contributed by atoms with E-state index in [1.54, 1.807) is 36.4 Å². The maximum absolute atomic E-state index is 12.4. The predicted molar refractivity (Wildman–Crippen MR) is 106 cm³/mol. The van der Waals surface area contributed by atoms with Crippen molar-refractivity contribution in [3.05, 3.63) is 69.0 Å². The molecule has 0 aliphatic carbocycles. The topological polar surface area (TPSA) is 94.8 Å². The zero-order chi connectivity index (χ0) is 20.5. The molecular weight excluding hydrogens is 398 g/mol. The van der Waals surface area contributed by atoms with Gasteiger partial charge in [-0.05, 0) is 35.9 Å². The van der Waals surface area contributed by atoms with Gasteiger partial charge >= 0.3 is 11.6 Å². The molecule has 0 bridgehead atoms. The van der Waals surface area contributed by atoms with Crippen LogP contribution in [0.15, 0.2) is 51.7 Å². The monoisotopic (exact) mass is 413 g/mol. The lowest BCUT2D eigenvalue weighted by atomic mass is 10.1. The Morgan fingerprint density at radius 1 is 1.21 bits per heavy atom. The predicted octanol–water partition coefficient (Wildman–Crippen LogP) is 3.45. The van der Waals surface area contributed by atoms with Crippen molar-refractivity contribution in [1.82, 2.24) is 0 Å². The normalized spacial score (nSPS) is 14.9. The summed E-state index contributed by atoms with van der Waals surface area (Å²) in [6.45, 7) is 1.27. The molecule has 29 heavy (non-hydrogen) atoms. The highest BCUT2D eigenvalue weighted by molar-refractivity contribution is 6.30. The van der Waals surface area contributed by atoms with Gasteiger partial charge in [0.2, 0.25) is 5.91 Å². The molecule has 0 radical (unpaired) electrons. The molecule has 7 nitrogen and oxygen atoms in total. The summed E-state index contributed by atoms with van der Waals surface area (Å²) in [4.78, 5) is 35.5. The van der Waals surface area contributed by atoms with E-state index in [9.17, 15) is 14.4 Å². The van der Waals surface area contributed by atoms with Gasteiger partial charge in [0.25, 0.3) is 0 Å². The van der Waals surface area contributed by atoms with Crippen molar-refractivity contribution in [2.45, 2.75) is 26.1 Å². The number of carbonyl (C=O) groups excluding carboxylic acids is 2. The Hall–Kier alpha value is -3.32. The van der Waals surface area contributed by atoms with Crippen LogP contribution in [-0.4, -0.2) is 18.0 Å². The van der Waals surface area contributed by atoms with Crippen molar-refractivity contribution >= 4 is 40.1 Å². The van der Waals surface area contributed by atoms with E-state index in [1.807, 2.05) is 0 Å². The first-order valence-corrected chi connectivity index (χ1v) is 9.23. The molecule has 1 aromatic heterocycles. The molecule has 0 unspecified atom stereocenters. The van der Waals surface area contributed by atoms with Crippen LogP contribution in [0.2, 0.25) is 5.02 Å². The number of esters is 1. The molecule has 0 spiro atoms. The fraction of sp³-hybridized carbons (Fsp3) is 0.190. The Labute approximate surface area is 170 Å². The first-order chi connectivity index (χ1) is 13.9.